The standard InChI is InChI=1S/C20H25NO3S/c1-20(2,25(21,22)23)19-14-24-13-12-18(19)17-10-8-16(9-11-17)15-6-4-3-5-7-15/h3-11,18-19H,12-14H2,1-2H3,(H2,21,22,23)/t18-,19+/m0/s1. The maximum Gasteiger partial charge on any atom is 0.214 e. The van der Waals surface area contributed by atoms with Gasteiger partial charge in [-0.05, 0) is 42.9 Å². The van der Waals surface area contributed by atoms with E-state index >= 15 is 0 Å². The van der Waals surface area contributed by atoms with Crippen LogP contribution in [0.3, 0.4) is 0 Å². The maximum atomic E-state index is 12.1. The minimum Gasteiger partial charge on any atom is -0.381 e. The predicted molar refractivity (Wildman–Crippen MR) is 101 cm³/mol. The van der Waals surface area contributed by atoms with Gasteiger partial charge in [-0.15, -0.1) is 0 Å². The summed E-state index contributed by atoms with van der Waals surface area (Å²) in [5.74, 6) is -0.0503. The summed E-state index contributed by atoms with van der Waals surface area (Å²) in [5.41, 5.74) is 3.46. The second kappa shape index (κ2) is 6.90. The molecule has 0 bridgehead atoms. The topological polar surface area (TPSA) is 69.4 Å². The van der Waals surface area contributed by atoms with Crippen LogP contribution in [0.5, 0.6) is 0 Å². The van der Waals surface area contributed by atoms with E-state index in [1.165, 1.54) is 5.56 Å². The fourth-order valence-corrected chi connectivity index (χ4v) is 4.24. The van der Waals surface area contributed by atoms with Gasteiger partial charge in [0, 0.05) is 12.5 Å². The summed E-state index contributed by atoms with van der Waals surface area (Å²) in [6, 6.07) is 18.6. The highest BCUT2D eigenvalue weighted by Gasteiger charge is 2.45. The van der Waals surface area contributed by atoms with Crippen molar-refractivity contribution in [1.29, 1.82) is 0 Å². The monoisotopic (exact) mass is 359 g/mol. The highest BCUT2D eigenvalue weighted by Crippen LogP contribution is 2.41. The lowest BCUT2D eigenvalue weighted by atomic mass is 9.76. The van der Waals surface area contributed by atoms with Crippen molar-refractivity contribution in [2.45, 2.75) is 30.9 Å². The van der Waals surface area contributed by atoms with E-state index in [9.17, 15) is 8.42 Å². The largest absolute Gasteiger partial charge is 0.381 e. The van der Waals surface area contributed by atoms with Crippen LogP contribution in [0.2, 0.25) is 0 Å². The molecule has 1 aliphatic rings. The molecule has 0 spiro atoms. The summed E-state index contributed by atoms with van der Waals surface area (Å²) in [6.07, 6.45) is 0.800. The Hall–Kier alpha value is -1.69. The third-order valence-corrected chi connectivity index (χ3v) is 7.20. The lowest BCUT2D eigenvalue weighted by molar-refractivity contribution is 0.0272. The first-order chi connectivity index (χ1) is 11.8. The molecule has 3 rings (SSSR count). The highest BCUT2D eigenvalue weighted by molar-refractivity contribution is 7.90. The SMILES string of the molecule is CC(C)([C@@H]1COCC[C@H]1c1ccc(-c2ccccc2)cc1)S(N)(=O)=O. The van der Waals surface area contributed by atoms with Crippen LogP contribution in [0.25, 0.3) is 11.1 Å². The molecule has 4 nitrogen and oxygen atoms in total. The molecular formula is C20H25NO3S. The van der Waals surface area contributed by atoms with Gasteiger partial charge >= 0.3 is 0 Å². The first kappa shape index (κ1) is 18.1. The molecule has 1 aliphatic heterocycles. The van der Waals surface area contributed by atoms with Gasteiger partial charge in [-0.2, -0.15) is 0 Å². The van der Waals surface area contributed by atoms with Crippen LogP contribution in [-0.4, -0.2) is 26.4 Å². The van der Waals surface area contributed by atoms with Crippen molar-refractivity contribution in [2.24, 2.45) is 11.1 Å². The molecule has 0 unspecified atom stereocenters. The lowest BCUT2D eigenvalue weighted by Gasteiger charge is -2.40. The fraction of sp³-hybridized carbons (Fsp3) is 0.400. The van der Waals surface area contributed by atoms with E-state index < -0.39 is 14.8 Å². The van der Waals surface area contributed by atoms with E-state index in [1.807, 2.05) is 18.2 Å². The fourth-order valence-electron chi connectivity index (χ4n) is 3.59. The first-order valence-electron chi connectivity index (χ1n) is 8.56. The quantitative estimate of drug-likeness (QED) is 0.908. The zero-order chi connectivity index (χ0) is 18.1. The van der Waals surface area contributed by atoms with Gasteiger partial charge in [-0.1, -0.05) is 54.6 Å². The van der Waals surface area contributed by atoms with Gasteiger partial charge in [0.15, 0.2) is 0 Å². The van der Waals surface area contributed by atoms with Crippen molar-refractivity contribution >= 4 is 10.0 Å². The van der Waals surface area contributed by atoms with E-state index in [2.05, 4.69) is 36.4 Å². The second-order valence-corrected chi connectivity index (χ2v) is 9.36. The minimum absolute atomic E-state index is 0.117. The summed E-state index contributed by atoms with van der Waals surface area (Å²) in [5, 5.41) is 5.50. The number of nitrogens with two attached hydrogens (primary N) is 1. The number of primary sulfonamides is 1. The first-order valence-corrected chi connectivity index (χ1v) is 10.1. The molecule has 1 fully saturated rings. The van der Waals surface area contributed by atoms with Crippen LogP contribution in [0.1, 0.15) is 31.7 Å². The Bertz CT molecular complexity index is 814. The maximum absolute atomic E-state index is 12.1. The lowest BCUT2D eigenvalue weighted by Crippen LogP contribution is -2.50. The molecule has 0 amide bonds. The zero-order valence-electron chi connectivity index (χ0n) is 14.7. The third-order valence-electron chi connectivity index (χ3n) is 5.43. The number of benzene rings is 2. The molecule has 2 N–H and O–H groups in total. The van der Waals surface area contributed by atoms with Crippen LogP contribution < -0.4 is 5.14 Å². The summed E-state index contributed by atoms with van der Waals surface area (Å²) in [4.78, 5) is 0. The van der Waals surface area contributed by atoms with Crippen molar-refractivity contribution in [2.75, 3.05) is 13.2 Å². The van der Waals surface area contributed by atoms with Crippen LogP contribution in [0.4, 0.5) is 0 Å². The molecular weight excluding hydrogens is 334 g/mol. The smallest absolute Gasteiger partial charge is 0.214 e. The van der Waals surface area contributed by atoms with E-state index in [0.717, 1.165) is 17.5 Å². The van der Waals surface area contributed by atoms with Crippen molar-refractivity contribution in [3.8, 4) is 11.1 Å². The molecule has 1 heterocycles. The average Bonchev–Trinajstić information content (AvgIpc) is 2.62. The number of hydrogen-bond donors (Lipinski definition) is 1. The predicted octanol–water partition coefficient (Wildman–Crippen LogP) is 3.54. The normalized spacial score (nSPS) is 21.9. The zero-order valence-corrected chi connectivity index (χ0v) is 15.5. The van der Waals surface area contributed by atoms with Gasteiger partial charge in [0.25, 0.3) is 0 Å². The average molecular weight is 359 g/mol. The Kier molecular flexibility index (Phi) is 5.00. The Balaban J connectivity index is 1.91. The Morgan fingerprint density at radius 3 is 2.20 bits per heavy atom. The highest BCUT2D eigenvalue weighted by atomic mass is 32.2. The molecule has 5 heteroatoms. The molecule has 134 valence electrons. The van der Waals surface area contributed by atoms with Crippen LogP contribution in [-0.2, 0) is 14.8 Å². The molecule has 0 aromatic heterocycles. The van der Waals surface area contributed by atoms with Crippen molar-refractivity contribution in [1.82, 2.24) is 0 Å². The molecule has 25 heavy (non-hydrogen) atoms. The van der Waals surface area contributed by atoms with E-state index in [4.69, 9.17) is 9.88 Å². The summed E-state index contributed by atoms with van der Waals surface area (Å²) in [6.45, 7) is 4.46. The van der Waals surface area contributed by atoms with E-state index in [0.29, 0.717) is 13.2 Å². The molecule has 0 saturated carbocycles. The van der Waals surface area contributed by atoms with Crippen LogP contribution >= 0.6 is 0 Å². The number of sulfonamides is 1. The summed E-state index contributed by atoms with van der Waals surface area (Å²) >= 11 is 0. The van der Waals surface area contributed by atoms with Gasteiger partial charge in [0.05, 0.1) is 11.4 Å². The van der Waals surface area contributed by atoms with Crippen LogP contribution in [0.15, 0.2) is 54.6 Å². The van der Waals surface area contributed by atoms with E-state index in [1.54, 1.807) is 13.8 Å². The Morgan fingerprint density at radius 2 is 1.60 bits per heavy atom. The molecule has 2 atom stereocenters. The molecule has 1 saturated heterocycles. The molecule has 0 radical (unpaired) electrons. The van der Waals surface area contributed by atoms with Gasteiger partial charge in [0.2, 0.25) is 10.0 Å². The van der Waals surface area contributed by atoms with Crippen molar-refractivity contribution in [3.63, 3.8) is 0 Å². The third kappa shape index (κ3) is 3.64. The van der Waals surface area contributed by atoms with Crippen molar-refractivity contribution in [3.05, 3.63) is 60.2 Å². The molecule has 2 aromatic rings. The minimum atomic E-state index is -3.67. The summed E-state index contributed by atoms with van der Waals surface area (Å²) in [7, 11) is -3.67. The second-order valence-electron chi connectivity index (χ2n) is 7.21. The van der Waals surface area contributed by atoms with E-state index in [-0.39, 0.29) is 11.8 Å². The number of rotatable bonds is 4. The Labute approximate surface area is 150 Å². The van der Waals surface area contributed by atoms with Gasteiger partial charge in [-0.25, -0.2) is 13.6 Å². The van der Waals surface area contributed by atoms with Gasteiger partial charge in [-0.3, -0.25) is 0 Å². The number of hydrogen-bond acceptors (Lipinski definition) is 3. The molecule has 0 aliphatic carbocycles. The Morgan fingerprint density at radius 1 is 1.00 bits per heavy atom. The van der Waals surface area contributed by atoms with Crippen molar-refractivity contribution < 1.29 is 13.2 Å². The number of ether oxygens (including phenoxy) is 1. The van der Waals surface area contributed by atoms with Gasteiger partial charge < -0.3 is 4.74 Å². The molecule has 2 aromatic carbocycles. The van der Waals surface area contributed by atoms with Crippen LogP contribution in [0, 0.1) is 5.92 Å². The van der Waals surface area contributed by atoms with Gasteiger partial charge in [0.1, 0.15) is 0 Å². The summed E-state index contributed by atoms with van der Waals surface area (Å²) < 4.78 is 28.7.